The van der Waals surface area contributed by atoms with Crippen LogP contribution in [0.1, 0.15) is 67.8 Å². The largest absolute Gasteiger partial charge is 0.534 e. The maximum Gasteiger partial charge on any atom is 0.534 e. The second-order valence-corrected chi connectivity index (χ2v) is 12.9. The normalized spacial score (nSPS) is 19.0. The highest BCUT2D eigenvalue weighted by Gasteiger charge is 2.48. The molecule has 1 N–H and O–H groups in total. The first-order valence-electron chi connectivity index (χ1n) is 13.3. The van der Waals surface area contributed by atoms with Gasteiger partial charge in [0.15, 0.2) is 5.75 Å². The molecule has 1 amide bonds. The van der Waals surface area contributed by atoms with Crippen LogP contribution in [-0.2, 0) is 16.5 Å². The Morgan fingerprint density at radius 3 is 2.37 bits per heavy atom. The zero-order valence-corrected chi connectivity index (χ0v) is 23.8. The number of likely N-dealkylation sites (tertiary alicyclic amines) is 1. The number of halogens is 3. The lowest BCUT2D eigenvalue weighted by Crippen LogP contribution is -2.51. The number of alkyl halides is 3. The summed E-state index contributed by atoms with van der Waals surface area (Å²) in [7, 11) is -5.81. The number of pyridine rings is 1. The van der Waals surface area contributed by atoms with Gasteiger partial charge < -0.3 is 14.2 Å². The minimum atomic E-state index is -5.81. The van der Waals surface area contributed by atoms with Crippen LogP contribution in [0.15, 0.2) is 72.9 Å². The molecule has 0 spiro atoms. The molecular formula is C30H33F3N2O5S. The first kappa shape index (κ1) is 30.4. The number of carboxylic acid groups (broad SMARTS) is 1. The molecule has 2 aromatic carbocycles. The van der Waals surface area contributed by atoms with Crippen molar-refractivity contribution in [3.63, 3.8) is 0 Å². The van der Waals surface area contributed by atoms with Crippen molar-refractivity contribution in [2.24, 2.45) is 5.41 Å². The van der Waals surface area contributed by atoms with Crippen molar-refractivity contribution in [1.82, 2.24) is 9.88 Å². The van der Waals surface area contributed by atoms with Gasteiger partial charge in [-0.1, -0.05) is 75.4 Å². The van der Waals surface area contributed by atoms with E-state index in [1.807, 2.05) is 69.3 Å². The van der Waals surface area contributed by atoms with Gasteiger partial charge in [-0.3, -0.25) is 4.98 Å². The molecule has 1 fully saturated rings. The summed E-state index contributed by atoms with van der Waals surface area (Å²) in [6.45, 7) is 6.56. The van der Waals surface area contributed by atoms with Crippen LogP contribution in [-0.4, -0.2) is 47.6 Å². The summed E-state index contributed by atoms with van der Waals surface area (Å²) in [6, 6.07) is 20.2. The summed E-state index contributed by atoms with van der Waals surface area (Å²) in [4.78, 5) is 17.7. The van der Waals surface area contributed by atoms with Crippen LogP contribution in [0.4, 0.5) is 18.0 Å². The van der Waals surface area contributed by atoms with E-state index in [0.717, 1.165) is 22.9 Å². The summed E-state index contributed by atoms with van der Waals surface area (Å²) in [6.07, 6.45) is 1.97. The number of benzene rings is 2. The molecule has 4 rings (SSSR count). The van der Waals surface area contributed by atoms with E-state index in [4.69, 9.17) is 0 Å². The van der Waals surface area contributed by atoms with E-state index in [2.05, 4.69) is 15.2 Å². The Balaban J connectivity index is 1.66. The standard InChI is InChI=1S/C30H33F3N2O5S/c1-29(2,3)27-18-22(14-15-35(27)28(36)37)21-10-7-11-23(17-21)25(16-20-8-5-4-6-9-20)26-13-12-24(19-34-26)40-41(38,39)30(31,32)33/h4-13,17,19,22,25,27H,14-16,18H2,1-3H3,(H,36,37). The summed E-state index contributed by atoms with van der Waals surface area (Å²) in [5.74, 6) is -0.677. The van der Waals surface area contributed by atoms with Crippen molar-refractivity contribution >= 4 is 16.2 Å². The third-order valence-corrected chi connectivity index (χ3v) is 8.50. The van der Waals surface area contributed by atoms with Gasteiger partial charge in [0, 0.05) is 24.2 Å². The highest BCUT2D eigenvalue weighted by Crippen LogP contribution is 2.40. The zero-order valence-electron chi connectivity index (χ0n) is 23.0. The van der Waals surface area contributed by atoms with Gasteiger partial charge in [0.05, 0.1) is 6.20 Å². The Morgan fingerprint density at radius 2 is 1.78 bits per heavy atom. The number of rotatable bonds is 7. The summed E-state index contributed by atoms with van der Waals surface area (Å²) < 4.78 is 65.4. The van der Waals surface area contributed by atoms with Crippen LogP contribution in [0.3, 0.4) is 0 Å². The molecule has 3 aromatic rings. The van der Waals surface area contributed by atoms with Crippen molar-refractivity contribution < 1.29 is 35.7 Å². The molecule has 1 aromatic heterocycles. The van der Waals surface area contributed by atoms with Gasteiger partial charge >= 0.3 is 21.7 Å². The van der Waals surface area contributed by atoms with Crippen LogP contribution in [0.25, 0.3) is 0 Å². The van der Waals surface area contributed by atoms with Crippen molar-refractivity contribution in [3.8, 4) is 5.75 Å². The van der Waals surface area contributed by atoms with E-state index in [1.165, 1.54) is 17.0 Å². The molecule has 220 valence electrons. The fourth-order valence-corrected chi connectivity index (χ4v) is 5.86. The smallest absolute Gasteiger partial charge is 0.465 e. The fraction of sp³-hybridized carbons (Fsp3) is 0.400. The molecule has 1 aliphatic heterocycles. The Kier molecular flexibility index (Phi) is 8.67. The number of amides is 1. The molecule has 11 heteroatoms. The zero-order chi connectivity index (χ0) is 30.0. The molecule has 2 heterocycles. The molecule has 1 aliphatic rings. The second kappa shape index (κ2) is 11.7. The van der Waals surface area contributed by atoms with Crippen molar-refractivity contribution in [1.29, 1.82) is 0 Å². The van der Waals surface area contributed by atoms with E-state index >= 15 is 0 Å². The van der Waals surface area contributed by atoms with Crippen molar-refractivity contribution in [2.45, 2.75) is 63.4 Å². The minimum absolute atomic E-state index is 0.142. The summed E-state index contributed by atoms with van der Waals surface area (Å²) in [5.41, 5.74) is -2.21. The number of piperidine rings is 1. The molecule has 7 nitrogen and oxygen atoms in total. The average molecular weight is 591 g/mol. The van der Waals surface area contributed by atoms with Crippen molar-refractivity contribution in [3.05, 3.63) is 95.3 Å². The molecular weight excluding hydrogens is 557 g/mol. The first-order valence-corrected chi connectivity index (χ1v) is 14.7. The van der Waals surface area contributed by atoms with Crippen LogP contribution < -0.4 is 4.18 Å². The second-order valence-electron chi connectivity index (χ2n) is 11.4. The van der Waals surface area contributed by atoms with E-state index < -0.39 is 27.5 Å². The molecule has 1 saturated heterocycles. The van der Waals surface area contributed by atoms with E-state index in [-0.39, 0.29) is 23.3 Å². The molecule has 0 saturated carbocycles. The fourth-order valence-electron chi connectivity index (χ4n) is 5.41. The maximum absolute atomic E-state index is 12.8. The SMILES string of the molecule is CC(C)(C)C1CC(c2cccc(C(Cc3ccccc3)c3ccc(OS(=O)(=O)C(F)(F)F)cn3)c2)CCN1C(=O)O. The third-order valence-electron chi connectivity index (χ3n) is 7.52. The number of hydrogen-bond acceptors (Lipinski definition) is 5. The molecule has 3 atom stereocenters. The molecule has 3 unspecified atom stereocenters. The predicted octanol–water partition coefficient (Wildman–Crippen LogP) is 6.96. The number of hydrogen-bond donors (Lipinski definition) is 1. The third kappa shape index (κ3) is 7.19. The Bertz CT molecular complexity index is 1460. The van der Waals surface area contributed by atoms with E-state index in [9.17, 15) is 31.5 Å². The van der Waals surface area contributed by atoms with Crippen LogP contribution in [0, 0.1) is 5.41 Å². The van der Waals surface area contributed by atoms with Gasteiger partial charge in [-0.05, 0) is 59.4 Å². The van der Waals surface area contributed by atoms with Gasteiger partial charge in [0.2, 0.25) is 0 Å². The number of carbonyl (C=O) groups is 1. The Morgan fingerprint density at radius 1 is 1.07 bits per heavy atom. The Hall–Kier alpha value is -3.60. The van der Waals surface area contributed by atoms with Gasteiger partial charge in [0.1, 0.15) is 0 Å². The molecule has 0 bridgehead atoms. The molecule has 0 aliphatic carbocycles. The topological polar surface area (TPSA) is 96.8 Å². The summed E-state index contributed by atoms with van der Waals surface area (Å²) in [5, 5.41) is 9.75. The van der Waals surface area contributed by atoms with Crippen LogP contribution >= 0.6 is 0 Å². The lowest BCUT2D eigenvalue weighted by atomic mass is 9.74. The first-order chi connectivity index (χ1) is 19.2. The summed E-state index contributed by atoms with van der Waals surface area (Å²) >= 11 is 0. The number of nitrogens with zero attached hydrogens (tertiary/aromatic N) is 2. The van der Waals surface area contributed by atoms with Gasteiger partial charge in [-0.2, -0.15) is 21.6 Å². The van der Waals surface area contributed by atoms with E-state index in [1.54, 1.807) is 0 Å². The number of aromatic nitrogens is 1. The molecule has 41 heavy (non-hydrogen) atoms. The highest BCUT2D eigenvalue weighted by atomic mass is 32.2. The quantitative estimate of drug-likeness (QED) is 0.236. The minimum Gasteiger partial charge on any atom is -0.465 e. The lowest BCUT2D eigenvalue weighted by Gasteiger charge is -2.44. The van der Waals surface area contributed by atoms with Gasteiger partial charge in [-0.15, -0.1) is 0 Å². The lowest BCUT2D eigenvalue weighted by molar-refractivity contribution is -0.0500. The highest BCUT2D eigenvalue weighted by molar-refractivity contribution is 7.88. The average Bonchev–Trinajstić information content (AvgIpc) is 2.91. The maximum atomic E-state index is 12.8. The van der Waals surface area contributed by atoms with Gasteiger partial charge in [-0.25, -0.2) is 4.79 Å². The Labute approximate surface area is 238 Å². The molecule has 0 radical (unpaired) electrons. The monoisotopic (exact) mass is 590 g/mol. The van der Waals surface area contributed by atoms with E-state index in [0.29, 0.717) is 31.5 Å². The van der Waals surface area contributed by atoms with Crippen LogP contribution in [0.5, 0.6) is 5.75 Å². The van der Waals surface area contributed by atoms with Gasteiger partial charge in [0.25, 0.3) is 0 Å². The predicted molar refractivity (Wildman–Crippen MR) is 148 cm³/mol. The van der Waals surface area contributed by atoms with Crippen LogP contribution in [0.2, 0.25) is 0 Å². The van der Waals surface area contributed by atoms with Crippen molar-refractivity contribution in [2.75, 3.05) is 6.54 Å².